The summed E-state index contributed by atoms with van der Waals surface area (Å²) < 4.78 is 6.32. The fraction of sp³-hybridized carbons (Fsp3) is 0.556. The summed E-state index contributed by atoms with van der Waals surface area (Å²) in [5.74, 6) is 0. The third kappa shape index (κ3) is 7.07. The first kappa shape index (κ1) is 19.9. The zero-order valence-electron chi connectivity index (χ0n) is 9.83. The quantitative estimate of drug-likeness (QED) is 0.267. The third-order valence-electron chi connectivity index (χ3n) is 1.37. The number of halogens is 2. The Hall–Kier alpha value is 1.53. The maximum absolute atomic E-state index is 11.5. The molecule has 0 unspecified atom stereocenters. The van der Waals surface area contributed by atoms with Gasteiger partial charge in [-0.05, 0) is 20.8 Å². The van der Waals surface area contributed by atoms with Gasteiger partial charge in [0, 0.05) is 17.1 Å². The zero-order valence-corrected chi connectivity index (χ0v) is 16.7. The minimum atomic E-state index is -0.488. The van der Waals surface area contributed by atoms with Gasteiger partial charge in [0.2, 0.25) is 0 Å². The third-order valence-corrected chi connectivity index (χ3v) is 2.02. The summed E-state index contributed by atoms with van der Waals surface area (Å²) in [6.07, 6.45) is 2.81. The molecule has 0 spiro atoms. The Morgan fingerprint density at radius 3 is 2.50 bits per heavy atom. The molecule has 1 aromatic heterocycles. The van der Waals surface area contributed by atoms with E-state index in [0.29, 0.717) is 5.33 Å². The van der Waals surface area contributed by atoms with Crippen molar-refractivity contribution in [1.82, 2.24) is 9.78 Å². The van der Waals surface area contributed by atoms with Crippen LogP contribution in [0.2, 0.25) is 0 Å². The smallest absolute Gasteiger partial charge is 1.00 e. The molecule has 7 heteroatoms. The van der Waals surface area contributed by atoms with Crippen LogP contribution in [0.3, 0.4) is 0 Å². The van der Waals surface area contributed by atoms with Crippen molar-refractivity contribution in [3.63, 3.8) is 0 Å². The molecule has 0 N–H and O–H groups in total. The second-order valence-electron chi connectivity index (χ2n) is 3.91. The van der Waals surface area contributed by atoms with E-state index in [-0.39, 0.29) is 75.4 Å². The van der Waals surface area contributed by atoms with Crippen LogP contribution in [0.25, 0.3) is 0 Å². The van der Waals surface area contributed by atoms with Gasteiger partial charge >= 0.3 is 57.5 Å². The van der Waals surface area contributed by atoms with Crippen LogP contribution in [0, 0.1) is 0 Å². The number of hydrogen-bond acceptors (Lipinski definition) is 3. The number of carbonyl (C=O) groups is 1. The molecule has 0 aromatic carbocycles. The van der Waals surface area contributed by atoms with Crippen molar-refractivity contribution in [1.29, 1.82) is 0 Å². The SMILES string of the molecule is CC(C)(C)OC(=O)n1cc(CBr)cn1.[I-].[K+]. The van der Waals surface area contributed by atoms with E-state index in [9.17, 15) is 4.79 Å². The van der Waals surface area contributed by atoms with Gasteiger partial charge in [-0.1, -0.05) is 15.9 Å². The van der Waals surface area contributed by atoms with Gasteiger partial charge in [-0.25, -0.2) is 4.79 Å². The van der Waals surface area contributed by atoms with Crippen molar-refractivity contribution in [3.8, 4) is 0 Å². The van der Waals surface area contributed by atoms with Gasteiger partial charge in [0.15, 0.2) is 0 Å². The van der Waals surface area contributed by atoms with Gasteiger partial charge in [0.25, 0.3) is 0 Å². The monoisotopic (exact) mass is 426 g/mol. The van der Waals surface area contributed by atoms with Crippen molar-refractivity contribution >= 4 is 22.0 Å². The van der Waals surface area contributed by atoms with Crippen molar-refractivity contribution in [2.24, 2.45) is 0 Å². The van der Waals surface area contributed by atoms with E-state index >= 15 is 0 Å². The average Bonchev–Trinajstić information content (AvgIpc) is 2.48. The van der Waals surface area contributed by atoms with Gasteiger partial charge < -0.3 is 28.7 Å². The van der Waals surface area contributed by atoms with E-state index in [1.165, 1.54) is 4.68 Å². The van der Waals surface area contributed by atoms with Crippen LogP contribution in [0.1, 0.15) is 26.3 Å². The Balaban J connectivity index is 0. The Morgan fingerprint density at radius 1 is 1.56 bits per heavy atom. The molecule has 0 atom stereocenters. The molecule has 0 radical (unpaired) electrons. The fourth-order valence-corrected chi connectivity index (χ4v) is 1.13. The number of aromatic nitrogens is 2. The number of rotatable bonds is 1. The molecule has 0 saturated heterocycles. The van der Waals surface area contributed by atoms with E-state index < -0.39 is 11.7 Å². The molecule has 0 bridgehead atoms. The molecular weight excluding hydrogens is 414 g/mol. The molecule has 0 aliphatic rings. The first-order valence-corrected chi connectivity index (χ1v) is 5.37. The predicted molar refractivity (Wildman–Crippen MR) is 56.5 cm³/mol. The van der Waals surface area contributed by atoms with Gasteiger partial charge in [0.1, 0.15) is 5.60 Å². The van der Waals surface area contributed by atoms with Gasteiger partial charge in [-0.2, -0.15) is 9.78 Å². The molecule has 1 rings (SSSR count). The summed E-state index contributed by atoms with van der Waals surface area (Å²) in [4.78, 5) is 11.5. The zero-order chi connectivity index (χ0) is 10.8. The number of alkyl halides is 1. The predicted octanol–water partition coefficient (Wildman–Crippen LogP) is -3.43. The van der Waals surface area contributed by atoms with Crippen LogP contribution in [0.15, 0.2) is 12.4 Å². The Bertz CT molecular complexity index is 338. The maximum atomic E-state index is 11.5. The number of ether oxygens (including phenoxy) is 1. The number of carbonyl (C=O) groups excluding carboxylic acids is 1. The van der Waals surface area contributed by atoms with Gasteiger partial charge in [-0.15, -0.1) is 0 Å². The molecule has 0 aliphatic carbocycles. The topological polar surface area (TPSA) is 44.1 Å². The summed E-state index contributed by atoms with van der Waals surface area (Å²) in [6.45, 7) is 5.46. The molecule has 0 fully saturated rings. The first-order chi connectivity index (χ1) is 6.42. The van der Waals surface area contributed by atoms with Crippen LogP contribution in [-0.2, 0) is 10.1 Å². The van der Waals surface area contributed by atoms with E-state index in [4.69, 9.17) is 4.74 Å². The Morgan fingerprint density at radius 2 is 2.12 bits per heavy atom. The van der Waals surface area contributed by atoms with E-state index in [1.54, 1.807) is 12.4 Å². The summed E-state index contributed by atoms with van der Waals surface area (Å²) in [6, 6.07) is 0. The van der Waals surface area contributed by atoms with Crippen LogP contribution in [0.4, 0.5) is 4.79 Å². The van der Waals surface area contributed by atoms with Crippen LogP contribution < -0.4 is 75.4 Å². The first-order valence-electron chi connectivity index (χ1n) is 4.25. The molecule has 1 heterocycles. The fourth-order valence-electron chi connectivity index (χ4n) is 0.838. The van der Waals surface area contributed by atoms with Crippen LogP contribution in [-0.4, -0.2) is 21.5 Å². The molecule has 0 amide bonds. The van der Waals surface area contributed by atoms with Gasteiger partial charge in [-0.3, -0.25) is 0 Å². The summed E-state index contributed by atoms with van der Waals surface area (Å²) in [5.41, 5.74) is 0.452. The van der Waals surface area contributed by atoms with Crippen molar-refractivity contribution in [2.45, 2.75) is 31.7 Å². The summed E-state index contributed by atoms with van der Waals surface area (Å²) in [5, 5.41) is 4.56. The second kappa shape index (κ2) is 8.60. The number of nitrogens with zero attached hydrogens (tertiary/aromatic N) is 2. The van der Waals surface area contributed by atoms with Gasteiger partial charge in [0.05, 0.1) is 6.20 Å². The molecule has 1 aromatic rings. The number of hydrogen-bond donors (Lipinski definition) is 0. The van der Waals surface area contributed by atoms with Crippen LogP contribution >= 0.6 is 15.9 Å². The maximum Gasteiger partial charge on any atom is 1.00 e. The Labute approximate surface area is 163 Å². The minimum Gasteiger partial charge on any atom is -1.00 e. The molecule has 16 heavy (non-hydrogen) atoms. The molecule has 4 nitrogen and oxygen atoms in total. The van der Waals surface area contributed by atoms with Crippen LogP contribution in [0.5, 0.6) is 0 Å². The van der Waals surface area contributed by atoms with Crippen molar-refractivity contribution in [3.05, 3.63) is 18.0 Å². The van der Waals surface area contributed by atoms with E-state index in [1.807, 2.05) is 20.8 Å². The normalized spacial score (nSPS) is 10.0. The van der Waals surface area contributed by atoms with E-state index in [0.717, 1.165) is 5.56 Å². The van der Waals surface area contributed by atoms with Crippen molar-refractivity contribution < 1.29 is 84.9 Å². The Kier molecular flexibility index (Phi) is 10.7. The minimum absolute atomic E-state index is 0. The summed E-state index contributed by atoms with van der Waals surface area (Å²) >= 11 is 3.28. The largest absolute Gasteiger partial charge is 1.00 e. The van der Waals surface area contributed by atoms with Crippen molar-refractivity contribution in [2.75, 3.05) is 0 Å². The average molecular weight is 427 g/mol. The molecular formula is C9H13BrIKN2O2. The molecule has 0 saturated carbocycles. The standard InChI is InChI=1S/C9H13BrN2O2.HI.K/c1-9(2,3)14-8(13)12-6-7(4-10)5-11-12;;/h5-6H,4H2,1-3H3;1H;/q;;+1/p-1. The molecule has 0 aliphatic heterocycles. The summed E-state index contributed by atoms with van der Waals surface area (Å²) in [7, 11) is 0. The van der Waals surface area contributed by atoms with E-state index in [2.05, 4.69) is 21.0 Å². The molecule has 86 valence electrons. The second-order valence-corrected chi connectivity index (χ2v) is 4.47.